The zero-order valence-electron chi connectivity index (χ0n) is 10.6. The molecule has 1 unspecified atom stereocenters. The summed E-state index contributed by atoms with van der Waals surface area (Å²) >= 11 is 0. The molecular weight excluding hydrogens is 268 g/mol. The highest BCUT2D eigenvalue weighted by Gasteiger charge is 2.20. The van der Waals surface area contributed by atoms with E-state index in [0.29, 0.717) is 32.1 Å². The molecule has 0 bridgehead atoms. The van der Waals surface area contributed by atoms with Crippen molar-refractivity contribution in [3.63, 3.8) is 0 Å². The van der Waals surface area contributed by atoms with Crippen LogP contribution in [0.25, 0.3) is 0 Å². The van der Waals surface area contributed by atoms with Crippen molar-refractivity contribution in [2.75, 3.05) is 31.7 Å². The van der Waals surface area contributed by atoms with E-state index in [4.69, 9.17) is 14.6 Å². The van der Waals surface area contributed by atoms with Crippen LogP contribution >= 0.6 is 0 Å². The molecule has 1 atom stereocenters. The molecule has 1 aliphatic rings. The first-order valence-electron chi connectivity index (χ1n) is 6.03. The van der Waals surface area contributed by atoms with Gasteiger partial charge < -0.3 is 19.9 Å². The highest BCUT2D eigenvalue weighted by molar-refractivity contribution is 5.93. The lowest BCUT2D eigenvalue weighted by Crippen LogP contribution is -2.34. The van der Waals surface area contributed by atoms with Crippen LogP contribution in [0.4, 0.5) is 11.4 Å². The molecule has 0 aromatic heterocycles. The molecule has 1 saturated heterocycles. The summed E-state index contributed by atoms with van der Waals surface area (Å²) in [5, 5.41) is 22.7. The number of carbonyl (C=O) groups is 1. The summed E-state index contributed by atoms with van der Waals surface area (Å²) in [6.45, 7) is 1.98. The number of rotatable bonds is 5. The number of benzene rings is 1. The zero-order valence-corrected chi connectivity index (χ0v) is 10.6. The van der Waals surface area contributed by atoms with Crippen molar-refractivity contribution in [3.05, 3.63) is 33.9 Å². The number of hydrogen-bond acceptors (Lipinski definition) is 6. The number of nitrogens with one attached hydrogen (secondary N) is 1. The maximum absolute atomic E-state index is 10.9. The molecule has 1 aromatic rings. The normalized spacial score (nSPS) is 18.5. The van der Waals surface area contributed by atoms with Crippen molar-refractivity contribution < 1.29 is 24.3 Å². The van der Waals surface area contributed by atoms with Gasteiger partial charge in [0.05, 0.1) is 30.8 Å². The Bertz CT molecular complexity index is 513. The van der Waals surface area contributed by atoms with Crippen LogP contribution in [0.15, 0.2) is 18.2 Å². The first-order valence-corrected chi connectivity index (χ1v) is 6.03. The summed E-state index contributed by atoms with van der Waals surface area (Å²) in [7, 11) is 0. The highest BCUT2D eigenvalue weighted by Crippen LogP contribution is 2.23. The predicted octanol–water partition coefficient (Wildman–Crippen LogP) is 1.12. The van der Waals surface area contributed by atoms with Gasteiger partial charge in [-0.3, -0.25) is 10.1 Å². The first-order chi connectivity index (χ1) is 9.58. The van der Waals surface area contributed by atoms with Gasteiger partial charge in [-0.15, -0.1) is 0 Å². The fourth-order valence-corrected chi connectivity index (χ4v) is 1.86. The molecule has 1 aliphatic heterocycles. The summed E-state index contributed by atoms with van der Waals surface area (Å²) in [6, 6.07) is 3.90. The molecule has 0 radical (unpaired) electrons. The summed E-state index contributed by atoms with van der Waals surface area (Å²) in [5.74, 6) is -1.33. The average molecular weight is 282 g/mol. The highest BCUT2D eigenvalue weighted by atomic mass is 16.6. The SMILES string of the molecule is O=C(O)c1ccc(NCC2COCCO2)cc1[N+](=O)[O-]. The monoisotopic (exact) mass is 282 g/mol. The Labute approximate surface area is 114 Å². The lowest BCUT2D eigenvalue weighted by Gasteiger charge is -2.23. The fraction of sp³-hybridized carbons (Fsp3) is 0.417. The van der Waals surface area contributed by atoms with Crippen molar-refractivity contribution in [2.45, 2.75) is 6.10 Å². The summed E-state index contributed by atoms with van der Waals surface area (Å²) in [6.07, 6.45) is -0.123. The average Bonchev–Trinajstić information content (AvgIpc) is 2.45. The molecule has 0 amide bonds. The van der Waals surface area contributed by atoms with E-state index in [2.05, 4.69) is 5.32 Å². The fourth-order valence-electron chi connectivity index (χ4n) is 1.86. The minimum absolute atomic E-state index is 0.123. The number of ether oxygens (including phenoxy) is 2. The van der Waals surface area contributed by atoms with Crippen molar-refractivity contribution in [2.24, 2.45) is 0 Å². The summed E-state index contributed by atoms with van der Waals surface area (Å²) < 4.78 is 10.7. The second-order valence-corrected chi connectivity index (χ2v) is 4.24. The van der Waals surface area contributed by atoms with E-state index < -0.39 is 16.6 Å². The van der Waals surface area contributed by atoms with E-state index in [0.717, 1.165) is 0 Å². The smallest absolute Gasteiger partial charge is 0.342 e. The molecule has 2 rings (SSSR count). The van der Waals surface area contributed by atoms with E-state index in [1.807, 2.05) is 0 Å². The van der Waals surface area contributed by atoms with Crippen LogP contribution in [0.3, 0.4) is 0 Å². The third kappa shape index (κ3) is 3.43. The molecule has 1 heterocycles. The predicted molar refractivity (Wildman–Crippen MR) is 69.1 cm³/mol. The topological polar surface area (TPSA) is 111 Å². The quantitative estimate of drug-likeness (QED) is 0.614. The van der Waals surface area contributed by atoms with Crippen molar-refractivity contribution in [1.82, 2.24) is 0 Å². The molecular formula is C12H14N2O6. The number of anilines is 1. The third-order valence-electron chi connectivity index (χ3n) is 2.84. The Morgan fingerprint density at radius 1 is 1.50 bits per heavy atom. The Hall–Kier alpha value is -2.19. The molecule has 0 spiro atoms. The molecule has 8 heteroatoms. The Balaban J connectivity index is 2.06. The van der Waals surface area contributed by atoms with Gasteiger partial charge in [0.1, 0.15) is 5.56 Å². The van der Waals surface area contributed by atoms with Crippen molar-refractivity contribution >= 4 is 17.3 Å². The van der Waals surface area contributed by atoms with Crippen LogP contribution < -0.4 is 5.32 Å². The summed E-state index contributed by atoms with van der Waals surface area (Å²) in [4.78, 5) is 21.0. The minimum Gasteiger partial charge on any atom is -0.477 e. The van der Waals surface area contributed by atoms with E-state index in [-0.39, 0.29) is 11.7 Å². The van der Waals surface area contributed by atoms with Crippen LogP contribution in [0.1, 0.15) is 10.4 Å². The van der Waals surface area contributed by atoms with Crippen LogP contribution in [0.5, 0.6) is 0 Å². The Morgan fingerprint density at radius 3 is 2.90 bits per heavy atom. The van der Waals surface area contributed by atoms with Crippen molar-refractivity contribution in [1.29, 1.82) is 0 Å². The second kappa shape index (κ2) is 6.31. The molecule has 0 saturated carbocycles. The largest absolute Gasteiger partial charge is 0.477 e. The number of nitro benzene ring substituents is 1. The molecule has 8 nitrogen and oxygen atoms in total. The van der Waals surface area contributed by atoms with Gasteiger partial charge >= 0.3 is 5.97 Å². The van der Waals surface area contributed by atoms with Gasteiger partial charge in [-0.25, -0.2) is 4.79 Å². The molecule has 20 heavy (non-hydrogen) atoms. The van der Waals surface area contributed by atoms with Crippen LogP contribution in [0, 0.1) is 10.1 Å². The number of carboxylic acid groups (broad SMARTS) is 1. The number of carboxylic acids is 1. The molecule has 108 valence electrons. The van der Waals surface area contributed by atoms with E-state index >= 15 is 0 Å². The molecule has 1 fully saturated rings. The molecule has 1 aromatic carbocycles. The summed E-state index contributed by atoms with van der Waals surface area (Å²) in [5.41, 5.74) is -0.308. The van der Waals surface area contributed by atoms with Gasteiger partial charge in [0, 0.05) is 18.3 Å². The zero-order chi connectivity index (χ0) is 14.5. The second-order valence-electron chi connectivity index (χ2n) is 4.24. The standard InChI is InChI=1S/C12H14N2O6/c15-12(16)10-2-1-8(5-11(10)14(17)18)13-6-9-7-19-3-4-20-9/h1-2,5,9,13H,3-4,6-7H2,(H,15,16). The van der Waals surface area contributed by atoms with Crippen LogP contribution in [0.2, 0.25) is 0 Å². The van der Waals surface area contributed by atoms with E-state index in [9.17, 15) is 14.9 Å². The Kier molecular flexibility index (Phi) is 4.49. The maximum atomic E-state index is 10.9. The number of nitrogens with zero attached hydrogens (tertiary/aromatic N) is 1. The van der Waals surface area contributed by atoms with Gasteiger partial charge in [-0.1, -0.05) is 0 Å². The van der Waals surface area contributed by atoms with Gasteiger partial charge in [0.15, 0.2) is 0 Å². The third-order valence-corrected chi connectivity index (χ3v) is 2.84. The van der Waals surface area contributed by atoms with Gasteiger partial charge in [-0.2, -0.15) is 0 Å². The molecule has 2 N–H and O–H groups in total. The number of nitro groups is 1. The minimum atomic E-state index is -1.33. The number of aromatic carboxylic acids is 1. The number of hydrogen-bond donors (Lipinski definition) is 2. The van der Waals surface area contributed by atoms with Gasteiger partial charge in [0.25, 0.3) is 5.69 Å². The Morgan fingerprint density at radius 2 is 2.30 bits per heavy atom. The van der Waals surface area contributed by atoms with Crippen LogP contribution in [-0.2, 0) is 9.47 Å². The maximum Gasteiger partial charge on any atom is 0.342 e. The lowest BCUT2D eigenvalue weighted by molar-refractivity contribution is -0.385. The van der Waals surface area contributed by atoms with E-state index in [1.165, 1.54) is 18.2 Å². The van der Waals surface area contributed by atoms with E-state index in [1.54, 1.807) is 0 Å². The first kappa shape index (κ1) is 14.2. The molecule has 0 aliphatic carbocycles. The van der Waals surface area contributed by atoms with Crippen molar-refractivity contribution in [3.8, 4) is 0 Å². The van der Waals surface area contributed by atoms with Gasteiger partial charge in [-0.05, 0) is 12.1 Å². The lowest BCUT2D eigenvalue weighted by atomic mass is 10.1. The van der Waals surface area contributed by atoms with Gasteiger partial charge in [0.2, 0.25) is 0 Å². The van der Waals surface area contributed by atoms with Crippen LogP contribution in [-0.4, -0.2) is 48.5 Å².